The van der Waals surface area contributed by atoms with E-state index in [1.807, 2.05) is 0 Å². The van der Waals surface area contributed by atoms with Gasteiger partial charge in [-0.2, -0.15) is 0 Å². The van der Waals surface area contributed by atoms with Crippen molar-refractivity contribution in [2.45, 2.75) is 18.4 Å². The van der Waals surface area contributed by atoms with Crippen LogP contribution in [-0.4, -0.2) is 18.8 Å². The van der Waals surface area contributed by atoms with Crippen molar-refractivity contribution in [3.8, 4) is 5.75 Å². The molecule has 2 nitrogen and oxygen atoms in total. The topological polar surface area (TPSA) is 18.5 Å². The molecule has 1 aliphatic carbocycles. The second kappa shape index (κ2) is 3.70. The molecule has 1 aliphatic heterocycles. The van der Waals surface area contributed by atoms with Crippen LogP contribution in [0.3, 0.4) is 0 Å². The van der Waals surface area contributed by atoms with Crippen LogP contribution in [0.15, 0.2) is 22.7 Å². The van der Waals surface area contributed by atoms with E-state index in [-0.39, 0.29) is 11.4 Å². The maximum absolute atomic E-state index is 13.1. The number of halogens is 2. The number of rotatable bonds is 3. The summed E-state index contributed by atoms with van der Waals surface area (Å²) in [5.41, 5.74) is -0.142. The van der Waals surface area contributed by atoms with Gasteiger partial charge in [0.15, 0.2) is 5.60 Å². The Hall–Kier alpha value is -0.610. The molecule has 0 atom stereocenters. The van der Waals surface area contributed by atoms with E-state index in [0.717, 1.165) is 0 Å². The Kier molecular flexibility index (Phi) is 2.44. The van der Waals surface area contributed by atoms with Crippen LogP contribution in [0.5, 0.6) is 5.75 Å². The predicted molar refractivity (Wildman–Crippen MR) is 61.0 cm³/mol. The molecule has 1 heterocycles. The molecule has 0 N–H and O–H groups in total. The monoisotopic (exact) mass is 286 g/mol. The van der Waals surface area contributed by atoms with Gasteiger partial charge in [-0.05, 0) is 47.0 Å². The lowest BCUT2D eigenvalue weighted by Gasteiger charge is -2.41. The van der Waals surface area contributed by atoms with E-state index in [1.165, 1.54) is 18.9 Å². The zero-order valence-corrected chi connectivity index (χ0v) is 10.3. The van der Waals surface area contributed by atoms with Gasteiger partial charge in [-0.1, -0.05) is 0 Å². The van der Waals surface area contributed by atoms with Crippen molar-refractivity contribution in [1.82, 2.24) is 0 Å². The van der Waals surface area contributed by atoms with Gasteiger partial charge in [-0.3, -0.25) is 0 Å². The van der Waals surface area contributed by atoms with Crippen LogP contribution >= 0.6 is 15.9 Å². The predicted octanol–water partition coefficient (Wildman–Crippen LogP) is 3.15. The van der Waals surface area contributed by atoms with E-state index >= 15 is 0 Å². The normalized spacial score (nSPS) is 22.6. The largest absolute Gasteiger partial charge is 0.482 e. The summed E-state index contributed by atoms with van der Waals surface area (Å²) < 4.78 is 24.7. The fraction of sp³-hybridized carbons (Fsp3) is 0.500. The van der Waals surface area contributed by atoms with Gasteiger partial charge in [0.2, 0.25) is 0 Å². The third-order valence-corrected chi connectivity index (χ3v) is 3.83. The molecule has 86 valence electrons. The third-order valence-electron chi connectivity index (χ3n) is 3.23. The molecule has 1 aromatic rings. The minimum atomic E-state index is -0.266. The molecule has 0 spiro atoms. The fourth-order valence-corrected chi connectivity index (χ4v) is 2.42. The summed E-state index contributed by atoms with van der Waals surface area (Å²) in [6.07, 6.45) is 2.43. The van der Waals surface area contributed by atoms with Crippen molar-refractivity contribution >= 4 is 15.9 Å². The Morgan fingerprint density at radius 1 is 1.38 bits per heavy atom. The Bertz CT molecular complexity index is 413. The summed E-state index contributed by atoms with van der Waals surface area (Å²) in [5.74, 6) is 1.06. The zero-order valence-electron chi connectivity index (χ0n) is 8.71. The molecule has 4 heteroatoms. The van der Waals surface area contributed by atoms with Gasteiger partial charge in [0.05, 0.1) is 17.7 Å². The third kappa shape index (κ3) is 1.74. The van der Waals surface area contributed by atoms with E-state index in [1.54, 1.807) is 12.1 Å². The second-order valence-electron chi connectivity index (χ2n) is 4.51. The number of hydrogen-bond donors (Lipinski definition) is 0. The highest BCUT2D eigenvalue weighted by atomic mass is 79.9. The smallest absolute Gasteiger partial charge is 0.158 e. The Balaban J connectivity index is 1.79. The molecule has 0 bridgehead atoms. The van der Waals surface area contributed by atoms with Crippen molar-refractivity contribution in [2.75, 3.05) is 13.2 Å². The first-order valence-corrected chi connectivity index (χ1v) is 6.21. The van der Waals surface area contributed by atoms with Crippen molar-refractivity contribution < 1.29 is 13.9 Å². The lowest BCUT2D eigenvalue weighted by molar-refractivity contribution is -0.173. The number of benzene rings is 1. The van der Waals surface area contributed by atoms with Crippen LogP contribution in [0.4, 0.5) is 4.39 Å². The molecular weight excluding hydrogens is 275 g/mol. The van der Waals surface area contributed by atoms with Crippen molar-refractivity contribution in [1.29, 1.82) is 0 Å². The maximum atomic E-state index is 13.1. The van der Waals surface area contributed by atoms with E-state index in [9.17, 15) is 4.39 Å². The Morgan fingerprint density at radius 2 is 2.12 bits per heavy atom. The average Bonchev–Trinajstić information content (AvgIpc) is 3.01. The molecule has 0 unspecified atom stereocenters. The number of ether oxygens (including phenoxy) is 2. The van der Waals surface area contributed by atoms with Crippen LogP contribution in [0, 0.1) is 11.7 Å². The Morgan fingerprint density at radius 3 is 2.62 bits per heavy atom. The van der Waals surface area contributed by atoms with Gasteiger partial charge < -0.3 is 9.47 Å². The second-order valence-corrected chi connectivity index (χ2v) is 5.36. The summed E-state index contributed by atoms with van der Waals surface area (Å²) in [5, 5.41) is 0. The van der Waals surface area contributed by atoms with Gasteiger partial charge in [0.25, 0.3) is 0 Å². The van der Waals surface area contributed by atoms with Gasteiger partial charge in [0, 0.05) is 5.92 Å². The van der Waals surface area contributed by atoms with Crippen molar-refractivity contribution in [3.63, 3.8) is 0 Å². The lowest BCUT2D eigenvalue weighted by Crippen LogP contribution is -2.56. The molecule has 1 saturated carbocycles. The van der Waals surface area contributed by atoms with Crippen LogP contribution in [-0.2, 0) is 4.74 Å². The van der Waals surface area contributed by atoms with Crippen molar-refractivity contribution in [3.05, 3.63) is 28.5 Å². The fourth-order valence-electron chi connectivity index (χ4n) is 2.07. The van der Waals surface area contributed by atoms with E-state index in [2.05, 4.69) is 15.9 Å². The first-order chi connectivity index (χ1) is 7.70. The SMILES string of the molecule is Fc1ccc(OC2(C3CC3)COC2)cc1Br. The molecule has 0 aromatic heterocycles. The maximum Gasteiger partial charge on any atom is 0.158 e. The summed E-state index contributed by atoms with van der Waals surface area (Å²) in [7, 11) is 0. The zero-order chi connectivity index (χ0) is 11.2. The highest BCUT2D eigenvalue weighted by Crippen LogP contribution is 2.46. The van der Waals surface area contributed by atoms with Crippen molar-refractivity contribution in [2.24, 2.45) is 5.92 Å². The van der Waals surface area contributed by atoms with Crippen LogP contribution in [0.2, 0.25) is 0 Å². The standard InChI is InChI=1S/C12H12BrFO2/c13-10-5-9(3-4-11(10)14)16-12(6-15-7-12)8-1-2-8/h3-5,8H,1-2,6-7H2. The van der Waals surface area contributed by atoms with Gasteiger partial charge in [0.1, 0.15) is 11.6 Å². The average molecular weight is 287 g/mol. The van der Waals surface area contributed by atoms with Gasteiger partial charge in [-0.15, -0.1) is 0 Å². The first-order valence-electron chi connectivity index (χ1n) is 5.41. The minimum absolute atomic E-state index is 0.142. The quantitative estimate of drug-likeness (QED) is 0.850. The summed E-state index contributed by atoms with van der Waals surface area (Å²) in [6.45, 7) is 1.32. The molecule has 3 rings (SSSR count). The summed E-state index contributed by atoms with van der Waals surface area (Å²) in [6, 6.07) is 4.76. The van der Waals surface area contributed by atoms with Crippen LogP contribution in [0.1, 0.15) is 12.8 Å². The first kappa shape index (κ1) is 10.5. The molecule has 0 amide bonds. The molecule has 2 aliphatic rings. The molecule has 2 fully saturated rings. The summed E-state index contributed by atoms with van der Waals surface area (Å²) >= 11 is 3.16. The number of hydrogen-bond acceptors (Lipinski definition) is 2. The van der Waals surface area contributed by atoms with Crippen LogP contribution < -0.4 is 4.74 Å². The van der Waals surface area contributed by atoms with Crippen LogP contribution in [0.25, 0.3) is 0 Å². The highest BCUT2D eigenvalue weighted by Gasteiger charge is 2.53. The highest BCUT2D eigenvalue weighted by molar-refractivity contribution is 9.10. The van der Waals surface area contributed by atoms with E-state index in [4.69, 9.17) is 9.47 Å². The minimum Gasteiger partial charge on any atom is -0.482 e. The molecule has 0 radical (unpaired) electrons. The van der Waals surface area contributed by atoms with Gasteiger partial charge >= 0.3 is 0 Å². The molecule has 16 heavy (non-hydrogen) atoms. The molecule has 1 aromatic carbocycles. The molecular formula is C12H12BrFO2. The molecule has 1 saturated heterocycles. The summed E-state index contributed by atoms with van der Waals surface area (Å²) in [4.78, 5) is 0. The van der Waals surface area contributed by atoms with E-state index in [0.29, 0.717) is 29.4 Å². The van der Waals surface area contributed by atoms with E-state index < -0.39 is 0 Å². The Labute approximate surface area is 102 Å². The lowest BCUT2D eigenvalue weighted by atomic mass is 9.95. The van der Waals surface area contributed by atoms with Gasteiger partial charge in [-0.25, -0.2) is 4.39 Å².